The molecule has 1 aliphatic rings. The molecule has 1 fully saturated rings. The van der Waals surface area contributed by atoms with Crippen molar-refractivity contribution in [2.45, 2.75) is 25.4 Å². The highest BCUT2D eigenvalue weighted by Crippen LogP contribution is 2.32. The summed E-state index contributed by atoms with van der Waals surface area (Å²) in [5.74, 6) is 0.919. The highest BCUT2D eigenvalue weighted by atomic mass is 15.5. The lowest BCUT2D eigenvalue weighted by molar-refractivity contribution is 0.729. The molecule has 1 aromatic carbocycles. The van der Waals surface area contributed by atoms with E-state index in [0.717, 1.165) is 18.1 Å². The molecule has 0 saturated heterocycles. The van der Waals surface area contributed by atoms with Crippen molar-refractivity contribution in [3.63, 3.8) is 0 Å². The second-order valence-corrected chi connectivity index (χ2v) is 5.32. The van der Waals surface area contributed by atoms with E-state index < -0.39 is 0 Å². The molecule has 0 unspecified atom stereocenters. The summed E-state index contributed by atoms with van der Waals surface area (Å²) in [6.07, 6.45) is 5.84. The van der Waals surface area contributed by atoms with Gasteiger partial charge in [-0.25, -0.2) is 0 Å². The van der Waals surface area contributed by atoms with Gasteiger partial charge in [0.1, 0.15) is 0 Å². The standard InChI is InChI=1S/C14H15N7/c15-11-3-1-2-10(6-11)9-20(12-4-5-12)14-8-16-7-13-17-18-19-21(13)14/h1-3,6-8,12H,4-5,9,15H2. The summed E-state index contributed by atoms with van der Waals surface area (Å²) in [5.41, 5.74) is 8.48. The Morgan fingerprint density at radius 1 is 1.29 bits per heavy atom. The molecule has 0 bridgehead atoms. The topological polar surface area (TPSA) is 85.2 Å². The van der Waals surface area contributed by atoms with Crippen LogP contribution >= 0.6 is 0 Å². The fourth-order valence-corrected chi connectivity index (χ4v) is 2.53. The minimum Gasteiger partial charge on any atom is -0.399 e. The average molecular weight is 281 g/mol. The second kappa shape index (κ2) is 4.69. The van der Waals surface area contributed by atoms with Gasteiger partial charge in [-0.15, -0.1) is 5.10 Å². The predicted octanol–water partition coefficient (Wildman–Crippen LogP) is 1.27. The molecule has 3 aromatic rings. The fraction of sp³-hybridized carbons (Fsp3) is 0.286. The Balaban J connectivity index is 1.73. The average Bonchev–Trinajstić information content (AvgIpc) is 3.21. The van der Waals surface area contributed by atoms with E-state index >= 15 is 0 Å². The lowest BCUT2D eigenvalue weighted by Crippen LogP contribution is -2.27. The number of tetrazole rings is 1. The maximum Gasteiger partial charge on any atom is 0.199 e. The maximum absolute atomic E-state index is 5.87. The number of fused-ring (bicyclic) bond motifs is 1. The number of anilines is 2. The molecular weight excluding hydrogens is 266 g/mol. The van der Waals surface area contributed by atoms with Crippen LogP contribution in [0.1, 0.15) is 18.4 Å². The van der Waals surface area contributed by atoms with Crippen molar-refractivity contribution >= 4 is 17.2 Å². The molecule has 0 atom stereocenters. The Hall–Kier alpha value is -2.70. The lowest BCUT2D eigenvalue weighted by atomic mass is 10.2. The Morgan fingerprint density at radius 3 is 3.00 bits per heavy atom. The van der Waals surface area contributed by atoms with E-state index in [1.54, 1.807) is 10.7 Å². The third-order valence-corrected chi connectivity index (χ3v) is 3.68. The molecule has 0 amide bonds. The summed E-state index contributed by atoms with van der Waals surface area (Å²) < 4.78 is 1.73. The van der Waals surface area contributed by atoms with E-state index in [9.17, 15) is 0 Å². The van der Waals surface area contributed by atoms with Gasteiger partial charge in [0.2, 0.25) is 0 Å². The van der Waals surface area contributed by atoms with Crippen LogP contribution in [0.4, 0.5) is 11.5 Å². The number of hydrogen-bond acceptors (Lipinski definition) is 6. The quantitative estimate of drug-likeness (QED) is 0.725. The number of hydrogen-bond donors (Lipinski definition) is 1. The van der Waals surface area contributed by atoms with Crippen molar-refractivity contribution in [3.8, 4) is 0 Å². The molecule has 1 saturated carbocycles. The number of nitrogens with two attached hydrogens (primary N) is 1. The first kappa shape index (κ1) is 12.1. The van der Waals surface area contributed by atoms with Gasteiger partial charge < -0.3 is 10.6 Å². The lowest BCUT2D eigenvalue weighted by Gasteiger charge is -2.24. The van der Waals surface area contributed by atoms with Gasteiger partial charge in [-0.2, -0.15) is 4.52 Å². The minimum atomic E-state index is 0.517. The number of aromatic nitrogens is 5. The van der Waals surface area contributed by atoms with Gasteiger partial charge in [-0.05, 0) is 41.0 Å². The molecule has 2 heterocycles. The predicted molar refractivity (Wildman–Crippen MR) is 78.6 cm³/mol. The van der Waals surface area contributed by atoms with Gasteiger partial charge in [0.05, 0.1) is 12.4 Å². The molecule has 2 N–H and O–H groups in total. The Labute approximate surface area is 121 Å². The molecule has 1 aliphatic carbocycles. The highest BCUT2D eigenvalue weighted by molar-refractivity contribution is 5.49. The number of nitrogens with zero attached hydrogens (tertiary/aromatic N) is 6. The summed E-state index contributed by atoms with van der Waals surface area (Å²) in [6, 6.07) is 8.48. The van der Waals surface area contributed by atoms with E-state index in [1.165, 1.54) is 18.4 Å². The SMILES string of the molecule is Nc1cccc(CN(c2cncc3nnnn23)C2CC2)c1. The van der Waals surface area contributed by atoms with Gasteiger partial charge in [0, 0.05) is 18.3 Å². The highest BCUT2D eigenvalue weighted by Gasteiger charge is 2.31. The van der Waals surface area contributed by atoms with Crippen LogP contribution in [0.5, 0.6) is 0 Å². The maximum atomic E-state index is 5.87. The van der Waals surface area contributed by atoms with Gasteiger partial charge in [0.15, 0.2) is 11.5 Å². The number of nitrogen functional groups attached to an aromatic ring is 1. The van der Waals surface area contributed by atoms with Gasteiger partial charge in [0.25, 0.3) is 0 Å². The first-order chi connectivity index (χ1) is 10.3. The molecular formula is C14H15N7. The van der Waals surface area contributed by atoms with E-state index in [-0.39, 0.29) is 0 Å². The zero-order chi connectivity index (χ0) is 14.2. The van der Waals surface area contributed by atoms with Crippen LogP contribution in [0.25, 0.3) is 5.65 Å². The van der Waals surface area contributed by atoms with Crippen molar-refractivity contribution in [1.29, 1.82) is 0 Å². The van der Waals surface area contributed by atoms with Gasteiger partial charge in [-0.1, -0.05) is 12.1 Å². The molecule has 0 aliphatic heterocycles. The normalized spacial score (nSPS) is 14.5. The smallest absolute Gasteiger partial charge is 0.199 e. The number of benzene rings is 1. The zero-order valence-electron chi connectivity index (χ0n) is 11.4. The monoisotopic (exact) mass is 281 g/mol. The largest absolute Gasteiger partial charge is 0.399 e. The molecule has 7 nitrogen and oxygen atoms in total. The van der Waals surface area contributed by atoms with Gasteiger partial charge in [-0.3, -0.25) is 4.98 Å². The molecule has 106 valence electrons. The molecule has 0 radical (unpaired) electrons. The number of rotatable bonds is 4. The van der Waals surface area contributed by atoms with E-state index in [2.05, 4.69) is 31.5 Å². The van der Waals surface area contributed by atoms with E-state index in [1.807, 2.05) is 24.4 Å². The van der Waals surface area contributed by atoms with Crippen LogP contribution < -0.4 is 10.6 Å². The molecule has 7 heteroatoms. The Kier molecular flexibility index (Phi) is 2.70. The first-order valence-corrected chi connectivity index (χ1v) is 6.94. The summed E-state index contributed by atoms with van der Waals surface area (Å²) >= 11 is 0. The van der Waals surface area contributed by atoms with E-state index in [4.69, 9.17) is 5.73 Å². The molecule has 2 aromatic heterocycles. The Morgan fingerprint density at radius 2 is 2.19 bits per heavy atom. The van der Waals surface area contributed by atoms with Crippen LogP contribution in [-0.2, 0) is 6.54 Å². The molecule has 0 spiro atoms. The second-order valence-electron chi connectivity index (χ2n) is 5.32. The van der Waals surface area contributed by atoms with Crippen molar-refractivity contribution < 1.29 is 0 Å². The molecule has 4 rings (SSSR count). The Bertz CT molecular complexity index is 778. The first-order valence-electron chi connectivity index (χ1n) is 6.94. The third-order valence-electron chi connectivity index (χ3n) is 3.68. The van der Waals surface area contributed by atoms with Gasteiger partial charge >= 0.3 is 0 Å². The van der Waals surface area contributed by atoms with Crippen LogP contribution in [0.3, 0.4) is 0 Å². The summed E-state index contributed by atoms with van der Waals surface area (Å²) in [4.78, 5) is 6.54. The van der Waals surface area contributed by atoms with Crippen LogP contribution in [0, 0.1) is 0 Å². The fourth-order valence-electron chi connectivity index (χ4n) is 2.53. The third kappa shape index (κ3) is 2.26. The van der Waals surface area contributed by atoms with E-state index in [0.29, 0.717) is 11.7 Å². The van der Waals surface area contributed by atoms with Crippen LogP contribution in [0.15, 0.2) is 36.7 Å². The van der Waals surface area contributed by atoms with Crippen molar-refractivity contribution in [1.82, 2.24) is 25.0 Å². The summed E-state index contributed by atoms with van der Waals surface area (Å²) in [6.45, 7) is 0.774. The minimum absolute atomic E-state index is 0.517. The van der Waals surface area contributed by atoms with Crippen LogP contribution in [0.2, 0.25) is 0 Å². The van der Waals surface area contributed by atoms with Crippen molar-refractivity contribution in [2.75, 3.05) is 10.6 Å². The summed E-state index contributed by atoms with van der Waals surface area (Å²) in [5, 5.41) is 11.7. The summed E-state index contributed by atoms with van der Waals surface area (Å²) in [7, 11) is 0. The molecule has 21 heavy (non-hydrogen) atoms. The van der Waals surface area contributed by atoms with Crippen LogP contribution in [-0.4, -0.2) is 31.1 Å². The van der Waals surface area contributed by atoms with Crippen molar-refractivity contribution in [3.05, 3.63) is 42.2 Å². The zero-order valence-corrected chi connectivity index (χ0v) is 11.4. The van der Waals surface area contributed by atoms with Crippen molar-refractivity contribution in [2.24, 2.45) is 0 Å².